The van der Waals surface area contributed by atoms with Crippen molar-refractivity contribution in [2.45, 2.75) is 207 Å². The lowest BCUT2D eigenvalue weighted by molar-refractivity contribution is -0.167. The predicted molar refractivity (Wildman–Crippen MR) is 269 cm³/mol. The first-order valence-corrected chi connectivity index (χ1v) is 25.1. The Kier molecular flexibility index (Phi) is 47.1. The van der Waals surface area contributed by atoms with Crippen LogP contribution in [0.25, 0.3) is 0 Å². The molecular formula is C57H90O6. The average Bonchev–Trinajstić information content (AvgIpc) is 3.28. The molecule has 0 aromatic carbocycles. The molecule has 0 aliphatic carbocycles. The molecule has 6 nitrogen and oxygen atoms in total. The van der Waals surface area contributed by atoms with Crippen molar-refractivity contribution >= 4 is 17.9 Å². The first kappa shape index (κ1) is 58.8. The Bertz CT molecular complexity index is 1370. The van der Waals surface area contributed by atoms with Gasteiger partial charge < -0.3 is 14.2 Å². The quantitative estimate of drug-likeness (QED) is 0.0200. The van der Waals surface area contributed by atoms with E-state index >= 15 is 0 Å². The summed E-state index contributed by atoms with van der Waals surface area (Å²) < 4.78 is 16.7. The Morgan fingerprint density at radius 3 is 1.22 bits per heavy atom. The van der Waals surface area contributed by atoms with Crippen molar-refractivity contribution in [3.8, 4) is 0 Å². The Balaban J connectivity index is 4.60. The standard InChI is InChI=1S/C57H90O6/c1-4-7-10-13-16-19-22-25-27-28-30-32-35-38-41-44-47-50-56(59)62-53-54(52-61-55(58)49-46-43-40-37-34-31-24-21-18-15-12-9-6-3)63-57(60)51-48-45-42-39-36-33-29-26-23-20-17-14-11-8-5-2/h8,11,14,16-17,19-20,23,25-27,29-34,36,38,41,54H,4-7,9-10,12-13,15,18,21-22,24,28,35,37,39-40,42-53H2,1-3H3/b11-8-,17-14-,19-16-,23-20-,27-25-,29-26-,32-30-,34-31-,36-33-,41-38-. The molecule has 1 atom stereocenters. The third-order valence-electron chi connectivity index (χ3n) is 10.0. The minimum absolute atomic E-state index is 0.124. The van der Waals surface area contributed by atoms with E-state index in [0.29, 0.717) is 19.3 Å². The molecule has 0 saturated carbocycles. The lowest BCUT2D eigenvalue weighted by Gasteiger charge is -2.18. The zero-order valence-corrected chi connectivity index (χ0v) is 40.3. The van der Waals surface area contributed by atoms with Crippen LogP contribution in [-0.2, 0) is 28.6 Å². The van der Waals surface area contributed by atoms with Crippen LogP contribution in [0.5, 0.6) is 0 Å². The number of hydrogen-bond donors (Lipinski definition) is 0. The van der Waals surface area contributed by atoms with Crippen LogP contribution in [0.3, 0.4) is 0 Å². The van der Waals surface area contributed by atoms with Crippen molar-refractivity contribution in [3.63, 3.8) is 0 Å². The van der Waals surface area contributed by atoms with Gasteiger partial charge in [-0.15, -0.1) is 0 Å². The van der Waals surface area contributed by atoms with Crippen molar-refractivity contribution in [3.05, 3.63) is 122 Å². The fourth-order valence-corrected chi connectivity index (χ4v) is 6.27. The lowest BCUT2D eigenvalue weighted by atomic mass is 10.1. The molecule has 0 saturated heterocycles. The Labute approximate surface area is 386 Å². The first-order chi connectivity index (χ1) is 31.0. The number of carbonyl (C=O) groups is 3. The van der Waals surface area contributed by atoms with E-state index < -0.39 is 6.10 Å². The summed E-state index contributed by atoms with van der Waals surface area (Å²) in [4.78, 5) is 37.9. The number of esters is 3. The molecule has 0 fully saturated rings. The molecule has 0 spiro atoms. The van der Waals surface area contributed by atoms with Crippen LogP contribution in [0.2, 0.25) is 0 Å². The Morgan fingerprint density at radius 2 is 0.698 bits per heavy atom. The maximum Gasteiger partial charge on any atom is 0.306 e. The van der Waals surface area contributed by atoms with Gasteiger partial charge in [0.05, 0.1) is 0 Å². The summed E-state index contributed by atoms with van der Waals surface area (Å²) in [5.41, 5.74) is 0. The highest BCUT2D eigenvalue weighted by molar-refractivity contribution is 5.71. The van der Waals surface area contributed by atoms with Gasteiger partial charge >= 0.3 is 17.9 Å². The summed E-state index contributed by atoms with van der Waals surface area (Å²) in [5.74, 6) is -1.05. The fraction of sp³-hybridized carbons (Fsp3) is 0.596. The van der Waals surface area contributed by atoms with Crippen molar-refractivity contribution in [1.82, 2.24) is 0 Å². The summed E-state index contributed by atoms with van der Waals surface area (Å²) in [6, 6.07) is 0. The highest BCUT2D eigenvalue weighted by atomic mass is 16.6. The van der Waals surface area contributed by atoms with Gasteiger partial charge in [0.25, 0.3) is 0 Å². The Morgan fingerprint density at radius 1 is 0.349 bits per heavy atom. The molecule has 0 bridgehead atoms. The van der Waals surface area contributed by atoms with Crippen LogP contribution >= 0.6 is 0 Å². The molecule has 1 unspecified atom stereocenters. The summed E-state index contributed by atoms with van der Waals surface area (Å²) >= 11 is 0. The molecule has 0 aliphatic rings. The summed E-state index contributed by atoms with van der Waals surface area (Å²) in [6.07, 6.45) is 69.0. The highest BCUT2D eigenvalue weighted by Gasteiger charge is 2.19. The van der Waals surface area contributed by atoms with Gasteiger partial charge in [-0.25, -0.2) is 0 Å². The van der Waals surface area contributed by atoms with Crippen LogP contribution in [0.4, 0.5) is 0 Å². The van der Waals surface area contributed by atoms with Gasteiger partial charge in [-0.3, -0.25) is 14.4 Å². The lowest BCUT2D eigenvalue weighted by Crippen LogP contribution is -2.30. The van der Waals surface area contributed by atoms with E-state index in [-0.39, 0.29) is 44.0 Å². The van der Waals surface area contributed by atoms with Crippen LogP contribution in [0.1, 0.15) is 201 Å². The second-order valence-corrected chi connectivity index (χ2v) is 16.1. The van der Waals surface area contributed by atoms with Gasteiger partial charge in [-0.1, -0.05) is 200 Å². The van der Waals surface area contributed by atoms with Crippen LogP contribution in [-0.4, -0.2) is 37.2 Å². The van der Waals surface area contributed by atoms with E-state index in [1.165, 1.54) is 64.2 Å². The fourth-order valence-electron chi connectivity index (χ4n) is 6.27. The van der Waals surface area contributed by atoms with Crippen molar-refractivity contribution in [2.24, 2.45) is 0 Å². The molecule has 6 heteroatoms. The van der Waals surface area contributed by atoms with E-state index in [0.717, 1.165) is 83.5 Å². The minimum Gasteiger partial charge on any atom is -0.462 e. The molecule has 0 N–H and O–H groups in total. The van der Waals surface area contributed by atoms with E-state index in [9.17, 15) is 14.4 Å². The second kappa shape index (κ2) is 50.5. The van der Waals surface area contributed by atoms with Gasteiger partial charge in [0.1, 0.15) is 13.2 Å². The number of ether oxygens (including phenoxy) is 3. The third-order valence-corrected chi connectivity index (χ3v) is 10.0. The largest absolute Gasteiger partial charge is 0.462 e. The van der Waals surface area contributed by atoms with E-state index in [2.05, 4.69) is 93.7 Å². The molecule has 63 heavy (non-hydrogen) atoms. The van der Waals surface area contributed by atoms with Gasteiger partial charge in [0, 0.05) is 19.3 Å². The SMILES string of the molecule is CC\C=C/C=C\C=C/C=C\C=C/CCCCCC(=O)OC(COC(=O)CCC/C=C\C/C=C\C/C=C\C/C=C\CCCCC)COC(=O)CCCCC/C=C\CCCCCCCC. The van der Waals surface area contributed by atoms with Crippen LogP contribution in [0.15, 0.2) is 122 Å². The molecular weight excluding hydrogens is 781 g/mol. The molecule has 354 valence electrons. The van der Waals surface area contributed by atoms with Crippen LogP contribution in [0, 0.1) is 0 Å². The maximum atomic E-state index is 12.8. The zero-order chi connectivity index (χ0) is 45.8. The molecule has 0 rings (SSSR count). The van der Waals surface area contributed by atoms with E-state index in [1.807, 2.05) is 48.6 Å². The normalized spacial score (nSPS) is 13.1. The first-order valence-electron chi connectivity index (χ1n) is 25.1. The average molecular weight is 871 g/mol. The van der Waals surface area contributed by atoms with E-state index in [4.69, 9.17) is 14.2 Å². The third kappa shape index (κ3) is 48.7. The van der Waals surface area contributed by atoms with Crippen LogP contribution < -0.4 is 0 Å². The summed E-state index contributed by atoms with van der Waals surface area (Å²) in [6.45, 7) is 6.34. The van der Waals surface area contributed by atoms with Crippen molar-refractivity contribution in [2.75, 3.05) is 13.2 Å². The van der Waals surface area contributed by atoms with Crippen molar-refractivity contribution in [1.29, 1.82) is 0 Å². The number of allylic oxidation sites excluding steroid dienone is 20. The predicted octanol–water partition coefficient (Wildman–Crippen LogP) is 16.5. The maximum absolute atomic E-state index is 12.8. The van der Waals surface area contributed by atoms with Gasteiger partial charge in [-0.2, -0.15) is 0 Å². The number of hydrogen-bond acceptors (Lipinski definition) is 6. The molecule has 0 amide bonds. The molecule has 0 aliphatic heterocycles. The molecule has 0 aromatic rings. The minimum atomic E-state index is -0.831. The smallest absolute Gasteiger partial charge is 0.306 e. The Hall–Kier alpha value is -4.19. The van der Waals surface area contributed by atoms with E-state index in [1.54, 1.807) is 0 Å². The molecule has 0 radical (unpaired) electrons. The van der Waals surface area contributed by atoms with Gasteiger partial charge in [0.15, 0.2) is 6.10 Å². The second-order valence-electron chi connectivity index (χ2n) is 16.1. The van der Waals surface area contributed by atoms with Crippen molar-refractivity contribution < 1.29 is 28.6 Å². The monoisotopic (exact) mass is 871 g/mol. The topological polar surface area (TPSA) is 78.9 Å². The number of carbonyl (C=O) groups excluding carboxylic acids is 3. The zero-order valence-electron chi connectivity index (χ0n) is 40.3. The summed E-state index contributed by atoms with van der Waals surface area (Å²) in [7, 11) is 0. The molecule has 0 aromatic heterocycles. The highest BCUT2D eigenvalue weighted by Crippen LogP contribution is 2.11. The number of unbranched alkanes of at least 4 members (excludes halogenated alkanes) is 16. The molecule has 0 heterocycles. The summed E-state index contributed by atoms with van der Waals surface area (Å²) in [5, 5.41) is 0. The number of rotatable bonds is 43. The van der Waals surface area contributed by atoms with Gasteiger partial charge in [0.2, 0.25) is 0 Å². The van der Waals surface area contributed by atoms with Gasteiger partial charge in [-0.05, 0) is 103 Å².